The zero-order valence-electron chi connectivity index (χ0n) is 14.2. The Balaban J connectivity index is 1.92. The van der Waals surface area contributed by atoms with E-state index in [1.54, 1.807) is 25.7 Å². The van der Waals surface area contributed by atoms with E-state index in [-0.39, 0.29) is 0 Å². The molecule has 0 spiro atoms. The van der Waals surface area contributed by atoms with Crippen LogP contribution in [0, 0.1) is 23.2 Å². The van der Waals surface area contributed by atoms with E-state index in [2.05, 4.69) is 26.1 Å². The van der Waals surface area contributed by atoms with Gasteiger partial charge in [-0.25, -0.2) is 0 Å². The summed E-state index contributed by atoms with van der Waals surface area (Å²) in [4.78, 5) is 0. The Labute approximate surface area is 127 Å². The second-order valence-electron chi connectivity index (χ2n) is 7.77. The van der Waals surface area contributed by atoms with Crippen molar-refractivity contribution in [2.24, 2.45) is 23.2 Å². The summed E-state index contributed by atoms with van der Waals surface area (Å²) in [6.07, 6.45) is 14.6. The van der Waals surface area contributed by atoms with Gasteiger partial charge < -0.3 is 5.32 Å². The average molecular weight is 280 g/mol. The lowest BCUT2D eigenvalue weighted by atomic mass is 9.70. The van der Waals surface area contributed by atoms with Gasteiger partial charge in [-0.3, -0.25) is 0 Å². The maximum Gasteiger partial charge on any atom is 0.000781 e. The predicted octanol–water partition coefficient (Wildman–Crippen LogP) is 5.40. The van der Waals surface area contributed by atoms with Gasteiger partial charge in [0.15, 0.2) is 0 Å². The molecule has 4 unspecified atom stereocenters. The molecule has 0 aliphatic heterocycles. The first-order chi connectivity index (χ1) is 9.73. The summed E-state index contributed by atoms with van der Waals surface area (Å²) < 4.78 is 0. The largest absolute Gasteiger partial charge is 0.316 e. The van der Waals surface area contributed by atoms with Crippen LogP contribution in [0.3, 0.4) is 0 Å². The Morgan fingerprint density at radius 3 is 2.45 bits per heavy atom. The molecule has 1 N–H and O–H groups in total. The van der Waals surface area contributed by atoms with Gasteiger partial charge >= 0.3 is 0 Å². The lowest BCUT2D eigenvalue weighted by molar-refractivity contribution is 0.145. The van der Waals surface area contributed by atoms with Crippen molar-refractivity contribution in [3.63, 3.8) is 0 Å². The molecule has 0 radical (unpaired) electrons. The number of fused-ring (bicyclic) bond motifs is 2. The number of unbranched alkanes of at least 4 members (excludes halogenated alkanes) is 1. The Morgan fingerprint density at radius 2 is 1.90 bits per heavy atom. The van der Waals surface area contributed by atoms with Crippen molar-refractivity contribution >= 4 is 0 Å². The molecule has 118 valence electrons. The van der Waals surface area contributed by atoms with Crippen LogP contribution in [0.4, 0.5) is 0 Å². The van der Waals surface area contributed by atoms with Crippen LogP contribution in [0.2, 0.25) is 0 Å². The van der Waals surface area contributed by atoms with Gasteiger partial charge in [0, 0.05) is 6.54 Å². The molecule has 1 nitrogen and oxygen atoms in total. The van der Waals surface area contributed by atoms with E-state index in [9.17, 15) is 0 Å². The fraction of sp³-hybridized carbons (Fsp3) is 1.00. The molecule has 0 saturated heterocycles. The number of hydrogen-bond donors (Lipinski definition) is 1. The smallest absolute Gasteiger partial charge is 0.000781 e. The monoisotopic (exact) mass is 279 g/mol. The van der Waals surface area contributed by atoms with E-state index >= 15 is 0 Å². The summed E-state index contributed by atoms with van der Waals surface area (Å²) in [5, 5.41) is 3.75. The summed E-state index contributed by atoms with van der Waals surface area (Å²) >= 11 is 0. The molecule has 2 rings (SSSR count). The van der Waals surface area contributed by atoms with Crippen LogP contribution in [-0.4, -0.2) is 13.1 Å². The molecule has 0 heterocycles. The number of rotatable bonds is 10. The molecule has 2 aliphatic rings. The van der Waals surface area contributed by atoms with Crippen molar-refractivity contribution < 1.29 is 0 Å². The van der Waals surface area contributed by atoms with Gasteiger partial charge in [0.2, 0.25) is 0 Å². The second-order valence-corrected chi connectivity index (χ2v) is 7.77. The standard InChI is InChI=1S/C19H37N/c1-4-7-10-19(6-3,15-20-11-5-2)14-18-13-16-8-9-17(18)12-16/h16-18,20H,4-15H2,1-3H3. The number of nitrogens with one attached hydrogen (secondary N) is 1. The van der Waals surface area contributed by atoms with Gasteiger partial charge in [0.05, 0.1) is 0 Å². The first-order valence-electron chi connectivity index (χ1n) is 9.43. The first-order valence-corrected chi connectivity index (χ1v) is 9.43. The van der Waals surface area contributed by atoms with Crippen molar-refractivity contribution in [1.82, 2.24) is 5.32 Å². The van der Waals surface area contributed by atoms with Crippen LogP contribution in [-0.2, 0) is 0 Å². The SMILES string of the molecule is CCCCC(CC)(CNCCC)CC1CC2CCC1C2. The summed E-state index contributed by atoms with van der Waals surface area (Å²) in [5.74, 6) is 3.27. The normalized spacial score (nSPS) is 31.6. The topological polar surface area (TPSA) is 12.0 Å². The Morgan fingerprint density at radius 1 is 1.05 bits per heavy atom. The number of hydrogen-bond acceptors (Lipinski definition) is 1. The molecule has 0 amide bonds. The average Bonchev–Trinajstić information content (AvgIpc) is 3.07. The van der Waals surface area contributed by atoms with E-state index in [4.69, 9.17) is 0 Å². The van der Waals surface area contributed by atoms with Crippen molar-refractivity contribution in [2.45, 2.75) is 85.0 Å². The van der Waals surface area contributed by atoms with Gasteiger partial charge in [0.25, 0.3) is 0 Å². The lowest BCUT2D eigenvalue weighted by Crippen LogP contribution is -2.37. The van der Waals surface area contributed by atoms with Gasteiger partial charge in [-0.05, 0) is 74.7 Å². The predicted molar refractivity (Wildman–Crippen MR) is 89.0 cm³/mol. The molecular weight excluding hydrogens is 242 g/mol. The lowest BCUT2D eigenvalue weighted by Gasteiger charge is -2.38. The van der Waals surface area contributed by atoms with Gasteiger partial charge in [-0.2, -0.15) is 0 Å². The Bertz CT molecular complexity index is 275. The molecule has 0 aromatic carbocycles. The molecule has 0 aromatic heterocycles. The highest BCUT2D eigenvalue weighted by Crippen LogP contribution is 2.53. The first kappa shape index (κ1) is 16.3. The van der Waals surface area contributed by atoms with E-state index in [1.165, 1.54) is 51.6 Å². The van der Waals surface area contributed by atoms with E-state index < -0.39 is 0 Å². The van der Waals surface area contributed by atoms with Crippen LogP contribution in [0.25, 0.3) is 0 Å². The van der Waals surface area contributed by atoms with Crippen molar-refractivity contribution in [2.75, 3.05) is 13.1 Å². The van der Waals surface area contributed by atoms with E-state index in [0.29, 0.717) is 5.41 Å². The third-order valence-corrected chi connectivity index (χ3v) is 6.32. The van der Waals surface area contributed by atoms with Gasteiger partial charge in [-0.15, -0.1) is 0 Å². The Kier molecular flexibility index (Phi) is 6.39. The van der Waals surface area contributed by atoms with Crippen LogP contribution in [0.15, 0.2) is 0 Å². The molecule has 4 atom stereocenters. The van der Waals surface area contributed by atoms with Crippen LogP contribution < -0.4 is 5.32 Å². The summed E-state index contributed by atoms with van der Waals surface area (Å²) in [6, 6.07) is 0. The van der Waals surface area contributed by atoms with Crippen molar-refractivity contribution in [3.05, 3.63) is 0 Å². The fourth-order valence-corrected chi connectivity index (χ4v) is 4.97. The molecule has 1 heteroatoms. The maximum atomic E-state index is 3.75. The third kappa shape index (κ3) is 4.00. The van der Waals surface area contributed by atoms with Gasteiger partial charge in [0.1, 0.15) is 0 Å². The van der Waals surface area contributed by atoms with E-state index in [0.717, 1.165) is 17.8 Å². The van der Waals surface area contributed by atoms with Crippen LogP contribution >= 0.6 is 0 Å². The van der Waals surface area contributed by atoms with Gasteiger partial charge in [-0.1, -0.05) is 40.0 Å². The molecule has 2 fully saturated rings. The molecule has 20 heavy (non-hydrogen) atoms. The Hall–Kier alpha value is -0.0400. The van der Waals surface area contributed by atoms with Crippen molar-refractivity contribution in [1.29, 1.82) is 0 Å². The van der Waals surface area contributed by atoms with E-state index in [1.807, 2.05) is 0 Å². The third-order valence-electron chi connectivity index (χ3n) is 6.32. The second kappa shape index (κ2) is 7.82. The zero-order chi connectivity index (χ0) is 14.4. The fourth-order valence-electron chi connectivity index (χ4n) is 4.97. The highest BCUT2D eigenvalue weighted by atomic mass is 14.9. The minimum absolute atomic E-state index is 0.598. The molecule has 2 aliphatic carbocycles. The maximum absolute atomic E-state index is 3.75. The molecule has 2 saturated carbocycles. The quantitative estimate of drug-likeness (QED) is 0.528. The molecule has 2 bridgehead atoms. The minimum Gasteiger partial charge on any atom is -0.316 e. The summed E-state index contributed by atoms with van der Waals surface area (Å²) in [6.45, 7) is 9.53. The van der Waals surface area contributed by atoms with Crippen molar-refractivity contribution in [3.8, 4) is 0 Å². The highest BCUT2D eigenvalue weighted by molar-refractivity contribution is 4.94. The highest BCUT2D eigenvalue weighted by Gasteiger charge is 2.42. The minimum atomic E-state index is 0.598. The molecular formula is C19H37N. The van der Waals surface area contributed by atoms with Crippen LogP contribution in [0.1, 0.15) is 85.0 Å². The summed E-state index contributed by atoms with van der Waals surface area (Å²) in [5.41, 5.74) is 0.598. The molecule has 0 aromatic rings. The zero-order valence-corrected chi connectivity index (χ0v) is 14.2. The summed E-state index contributed by atoms with van der Waals surface area (Å²) in [7, 11) is 0. The van der Waals surface area contributed by atoms with Crippen LogP contribution in [0.5, 0.6) is 0 Å².